The Hall–Kier alpha value is -2.30. The van der Waals surface area contributed by atoms with Gasteiger partial charge in [-0.25, -0.2) is 4.98 Å². The van der Waals surface area contributed by atoms with Gasteiger partial charge in [0, 0.05) is 6.20 Å². The van der Waals surface area contributed by atoms with Gasteiger partial charge in [0.15, 0.2) is 0 Å². The molecule has 0 aliphatic heterocycles. The first-order valence-corrected chi connectivity index (χ1v) is 4.72. The van der Waals surface area contributed by atoms with Crippen molar-refractivity contribution in [1.82, 2.24) is 4.98 Å². The summed E-state index contributed by atoms with van der Waals surface area (Å²) in [6.45, 7) is 0.268. The van der Waals surface area contributed by atoms with Crippen molar-refractivity contribution in [3.8, 4) is 5.88 Å². The van der Waals surface area contributed by atoms with Crippen LogP contribution in [0.3, 0.4) is 0 Å². The molecule has 2 aromatic heterocycles. The number of ether oxygens (including phenoxy) is 1. The van der Waals surface area contributed by atoms with Crippen LogP contribution in [0.1, 0.15) is 11.3 Å². The van der Waals surface area contributed by atoms with Crippen LogP contribution in [0.4, 0.5) is 0 Å². The fourth-order valence-corrected chi connectivity index (χ4v) is 1.25. The SMILES string of the molecule is N=C(N)c1cccnc1OCc1ccco1. The third-order valence-corrected chi connectivity index (χ3v) is 1.99. The summed E-state index contributed by atoms with van der Waals surface area (Å²) in [6.07, 6.45) is 3.16. The molecule has 2 heterocycles. The third-order valence-electron chi connectivity index (χ3n) is 1.99. The van der Waals surface area contributed by atoms with Gasteiger partial charge in [0.05, 0.1) is 11.8 Å². The van der Waals surface area contributed by atoms with Crippen LogP contribution in [-0.4, -0.2) is 10.8 Å². The summed E-state index contributed by atoms with van der Waals surface area (Å²) < 4.78 is 10.5. The highest BCUT2D eigenvalue weighted by Crippen LogP contribution is 2.15. The predicted octanol–water partition coefficient (Wildman–Crippen LogP) is 1.54. The van der Waals surface area contributed by atoms with Gasteiger partial charge in [0.25, 0.3) is 0 Å². The van der Waals surface area contributed by atoms with Gasteiger partial charge in [0.1, 0.15) is 18.2 Å². The number of aromatic nitrogens is 1. The molecule has 3 N–H and O–H groups in total. The van der Waals surface area contributed by atoms with Crippen molar-refractivity contribution in [3.63, 3.8) is 0 Å². The molecule has 0 radical (unpaired) electrons. The minimum Gasteiger partial charge on any atom is -0.469 e. The molecule has 0 fully saturated rings. The van der Waals surface area contributed by atoms with Crippen LogP contribution in [0, 0.1) is 5.41 Å². The number of nitrogens with two attached hydrogens (primary N) is 1. The molecule has 5 nitrogen and oxygen atoms in total. The molecule has 0 aliphatic rings. The number of nitrogens with one attached hydrogen (secondary N) is 1. The summed E-state index contributed by atoms with van der Waals surface area (Å²) >= 11 is 0. The lowest BCUT2D eigenvalue weighted by Crippen LogP contribution is -2.13. The van der Waals surface area contributed by atoms with Crippen LogP contribution in [0.15, 0.2) is 41.1 Å². The number of hydrogen-bond donors (Lipinski definition) is 2. The molecule has 16 heavy (non-hydrogen) atoms. The van der Waals surface area contributed by atoms with Crippen molar-refractivity contribution in [2.24, 2.45) is 5.73 Å². The van der Waals surface area contributed by atoms with Crippen molar-refractivity contribution < 1.29 is 9.15 Å². The molecule has 0 saturated carbocycles. The second kappa shape index (κ2) is 4.48. The summed E-state index contributed by atoms with van der Waals surface area (Å²) in [6, 6.07) is 6.97. The summed E-state index contributed by atoms with van der Waals surface area (Å²) in [4.78, 5) is 4.01. The molecular formula is C11H11N3O2. The van der Waals surface area contributed by atoms with Crippen molar-refractivity contribution in [2.75, 3.05) is 0 Å². The Balaban J connectivity index is 2.12. The minimum absolute atomic E-state index is 0.0671. The van der Waals surface area contributed by atoms with Gasteiger partial charge in [-0.3, -0.25) is 5.41 Å². The number of amidine groups is 1. The van der Waals surface area contributed by atoms with Crippen LogP contribution < -0.4 is 10.5 Å². The zero-order valence-corrected chi connectivity index (χ0v) is 8.51. The van der Waals surface area contributed by atoms with E-state index in [4.69, 9.17) is 20.3 Å². The Kier molecular flexibility index (Phi) is 2.86. The summed E-state index contributed by atoms with van der Waals surface area (Å²) in [7, 11) is 0. The maximum absolute atomic E-state index is 7.36. The van der Waals surface area contributed by atoms with Gasteiger partial charge in [0.2, 0.25) is 5.88 Å². The van der Waals surface area contributed by atoms with E-state index in [0.717, 1.165) is 0 Å². The van der Waals surface area contributed by atoms with E-state index >= 15 is 0 Å². The van der Waals surface area contributed by atoms with Gasteiger partial charge in [-0.1, -0.05) is 0 Å². The minimum atomic E-state index is -0.0671. The number of nitrogens with zero attached hydrogens (tertiary/aromatic N) is 1. The molecule has 0 saturated heterocycles. The van der Waals surface area contributed by atoms with E-state index in [1.54, 1.807) is 36.7 Å². The van der Waals surface area contributed by atoms with E-state index in [1.807, 2.05) is 0 Å². The van der Waals surface area contributed by atoms with Crippen LogP contribution in [0.25, 0.3) is 0 Å². The highest BCUT2D eigenvalue weighted by Gasteiger charge is 2.07. The molecule has 0 atom stereocenters. The van der Waals surface area contributed by atoms with Crippen molar-refractivity contribution in [1.29, 1.82) is 5.41 Å². The predicted molar refractivity (Wildman–Crippen MR) is 58.3 cm³/mol. The molecule has 0 bridgehead atoms. The summed E-state index contributed by atoms with van der Waals surface area (Å²) in [5.41, 5.74) is 5.88. The summed E-state index contributed by atoms with van der Waals surface area (Å²) in [5, 5.41) is 7.36. The molecule has 0 amide bonds. The van der Waals surface area contributed by atoms with E-state index < -0.39 is 0 Å². The van der Waals surface area contributed by atoms with E-state index in [2.05, 4.69) is 4.98 Å². The molecular weight excluding hydrogens is 206 g/mol. The van der Waals surface area contributed by atoms with Gasteiger partial charge in [-0.05, 0) is 24.3 Å². The third kappa shape index (κ3) is 2.20. The fraction of sp³-hybridized carbons (Fsp3) is 0.0909. The molecule has 2 rings (SSSR count). The monoisotopic (exact) mass is 217 g/mol. The molecule has 0 spiro atoms. The van der Waals surface area contributed by atoms with E-state index in [1.165, 1.54) is 0 Å². The number of furan rings is 1. The topological polar surface area (TPSA) is 85.1 Å². The molecule has 0 aliphatic carbocycles. The molecule has 5 heteroatoms. The lowest BCUT2D eigenvalue weighted by Gasteiger charge is -2.07. The maximum Gasteiger partial charge on any atom is 0.224 e. The number of nitrogen functional groups attached to an aromatic ring is 1. The van der Waals surface area contributed by atoms with Gasteiger partial charge < -0.3 is 14.9 Å². The molecule has 0 unspecified atom stereocenters. The Labute approximate surface area is 92.4 Å². The normalized spacial score (nSPS) is 10.0. The van der Waals surface area contributed by atoms with Crippen molar-refractivity contribution in [3.05, 3.63) is 48.0 Å². The highest BCUT2D eigenvalue weighted by atomic mass is 16.5. The van der Waals surface area contributed by atoms with Gasteiger partial charge >= 0.3 is 0 Å². The van der Waals surface area contributed by atoms with Crippen LogP contribution in [0.2, 0.25) is 0 Å². The largest absolute Gasteiger partial charge is 0.469 e. The van der Waals surface area contributed by atoms with Gasteiger partial charge in [-0.2, -0.15) is 0 Å². The quantitative estimate of drug-likeness (QED) is 0.600. The van der Waals surface area contributed by atoms with Gasteiger partial charge in [-0.15, -0.1) is 0 Å². The van der Waals surface area contributed by atoms with Crippen molar-refractivity contribution >= 4 is 5.84 Å². The van der Waals surface area contributed by atoms with Crippen LogP contribution in [0.5, 0.6) is 5.88 Å². The summed E-state index contributed by atoms with van der Waals surface area (Å²) in [5.74, 6) is 0.967. The fourth-order valence-electron chi connectivity index (χ4n) is 1.25. The number of hydrogen-bond acceptors (Lipinski definition) is 4. The average Bonchev–Trinajstić information content (AvgIpc) is 2.79. The van der Waals surface area contributed by atoms with E-state index in [-0.39, 0.29) is 12.4 Å². The number of pyridine rings is 1. The average molecular weight is 217 g/mol. The second-order valence-electron chi connectivity index (χ2n) is 3.14. The zero-order chi connectivity index (χ0) is 11.4. The molecule has 2 aromatic rings. The highest BCUT2D eigenvalue weighted by molar-refractivity contribution is 5.96. The Morgan fingerprint density at radius 2 is 2.31 bits per heavy atom. The smallest absolute Gasteiger partial charge is 0.224 e. The first-order chi connectivity index (χ1) is 7.77. The van der Waals surface area contributed by atoms with Crippen molar-refractivity contribution in [2.45, 2.75) is 6.61 Å². The number of rotatable bonds is 4. The standard InChI is InChI=1S/C11H11N3O2/c12-10(13)9-4-1-5-14-11(9)16-7-8-3-2-6-15-8/h1-6H,7H2,(H3,12,13). The Morgan fingerprint density at radius 1 is 1.44 bits per heavy atom. The van der Waals surface area contributed by atoms with Crippen LogP contribution >= 0.6 is 0 Å². The molecule has 82 valence electrons. The maximum atomic E-state index is 7.36. The first-order valence-electron chi connectivity index (χ1n) is 4.72. The van der Waals surface area contributed by atoms with E-state index in [9.17, 15) is 0 Å². The zero-order valence-electron chi connectivity index (χ0n) is 8.51. The molecule has 0 aromatic carbocycles. The second-order valence-corrected chi connectivity index (χ2v) is 3.14. The first kappa shape index (κ1) is 10.2. The van der Waals surface area contributed by atoms with E-state index in [0.29, 0.717) is 17.2 Å². The van der Waals surface area contributed by atoms with Crippen LogP contribution in [-0.2, 0) is 6.61 Å². The Morgan fingerprint density at radius 3 is 3.00 bits per heavy atom. The lowest BCUT2D eigenvalue weighted by atomic mass is 10.2. The lowest BCUT2D eigenvalue weighted by molar-refractivity contribution is 0.260. The Bertz CT molecular complexity index is 480.